The predicted molar refractivity (Wildman–Crippen MR) is 158 cm³/mol. The summed E-state index contributed by atoms with van der Waals surface area (Å²) in [5.41, 5.74) is 11.8. The summed E-state index contributed by atoms with van der Waals surface area (Å²) < 4.78 is 5.52. The maximum atomic E-state index is 9.99. The molecule has 0 bridgehead atoms. The Bertz CT molecular complexity index is 1540. The molecule has 0 fully saturated rings. The molecule has 1 aliphatic heterocycles. The van der Waals surface area contributed by atoms with Crippen LogP contribution in [0.4, 0.5) is 11.4 Å². The highest BCUT2D eigenvalue weighted by Crippen LogP contribution is 2.37. The largest absolute Gasteiger partial charge is 0.382 e. The average Bonchev–Trinajstić information content (AvgIpc) is 3.47. The molecule has 2 atom stereocenters. The molecule has 3 heterocycles. The first-order valence-corrected chi connectivity index (χ1v) is 13.4. The van der Waals surface area contributed by atoms with E-state index in [2.05, 4.69) is 51.5 Å². The Morgan fingerprint density at radius 2 is 1.88 bits per heavy atom. The second-order valence-corrected chi connectivity index (χ2v) is 10.2. The molecule has 204 valence electrons. The van der Waals surface area contributed by atoms with Gasteiger partial charge < -0.3 is 20.8 Å². The molecule has 0 spiro atoms. The molecule has 0 radical (unpaired) electrons. The predicted octanol–water partition coefficient (Wildman–Crippen LogP) is 5.68. The number of halogens is 1. The number of nitrogens with zero attached hydrogens (tertiary/aromatic N) is 4. The Morgan fingerprint density at radius 1 is 1.07 bits per heavy atom. The van der Waals surface area contributed by atoms with E-state index in [-0.39, 0.29) is 18.1 Å². The van der Waals surface area contributed by atoms with Gasteiger partial charge in [0.05, 0.1) is 46.2 Å². The number of aromatic nitrogens is 2. The number of hydrogen-bond acceptors (Lipinski definition) is 9. The fourth-order valence-electron chi connectivity index (χ4n) is 4.65. The second-order valence-electron chi connectivity index (χ2n) is 9.76. The summed E-state index contributed by atoms with van der Waals surface area (Å²) in [7, 11) is 1.66. The molecule has 9 nitrogen and oxygen atoms in total. The number of hydrogen-bond donors (Lipinski definition) is 4. The minimum absolute atomic E-state index is 0.191. The van der Waals surface area contributed by atoms with Gasteiger partial charge in [0.1, 0.15) is 6.07 Å². The summed E-state index contributed by atoms with van der Waals surface area (Å²) >= 11 is 6.80. The molecule has 1 unspecified atom stereocenters. The molecule has 1 aliphatic rings. The van der Waals surface area contributed by atoms with Crippen LogP contribution in [0.15, 0.2) is 85.1 Å². The van der Waals surface area contributed by atoms with Gasteiger partial charge in [-0.2, -0.15) is 5.26 Å². The maximum Gasteiger partial charge on any atom is 0.103 e. The number of fused-ring (bicyclic) bond motifs is 1. The lowest BCUT2D eigenvalue weighted by atomic mass is 10.0. The molecule has 0 aliphatic carbocycles. The van der Waals surface area contributed by atoms with Crippen LogP contribution in [0.3, 0.4) is 0 Å². The first kappa shape index (κ1) is 27.2. The summed E-state index contributed by atoms with van der Waals surface area (Å²) in [6, 6.07) is 19.8. The minimum atomic E-state index is -0.257. The van der Waals surface area contributed by atoms with Gasteiger partial charge in [0.15, 0.2) is 0 Å². The molecular weight excluding hydrogens is 524 g/mol. The van der Waals surface area contributed by atoms with Crippen LogP contribution < -0.4 is 21.6 Å². The Kier molecular flexibility index (Phi) is 8.31. The van der Waals surface area contributed by atoms with E-state index in [0.717, 1.165) is 27.9 Å². The zero-order chi connectivity index (χ0) is 28.1. The van der Waals surface area contributed by atoms with Gasteiger partial charge in [0.2, 0.25) is 0 Å². The van der Waals surface area contributed by atoms with Crippen LogP contribution in [-0.4, -0.2) is 34.7 Å². The summed E-state index contributed by atoms with van der Waals surface area (Å²) in [6.45, 7) is 4.61. The van der Waals surface area contributed by atoms with Crippen molar-refractivity contribution in [3.63, 3.8) is 0 Å². The highest BCUT2D eigenvalue weighted by atomic mass is 35.5. The molecule has 0 saturated heterocycles. The highest BCUT2D eigenvalue weighted by molar-refractivity contribution is 6.35. The van der Waals surface area contributed by atoms with Gasteiger partial charge in [-0.3, -0.25) is 15.0 Å². The SMILES string of the molecule is COCC(Nc1c(C#N)cnc2c(Cl)cc(N[C@H](C3=CN(C(C)C)NN3)c3cccnc3)cc12)c1ccccc1. The third kappa shape index (κ3) is 5.80. The van der Waals surface area contributed by atoms with Crippen LogP contribution in [0.2, 0.25) is 5.02 Å². The number of anilines is 2. The van der Waals surface area contributed by atoms with Crippen molar-refractivity contribution in [1.29, 1.82) is 5.26 Å². The van der Waals surface area contributed by atoms with Crippen LogP contribution >= 0.6 is 11.6 Å². The van der Waals surface area contributed by atoms with Crippen LogP contribution in [0, 0.1) is 11.3 Å². The number of rotatable bonds is 10. The smallest absolute Gasteiger partial charge is 0.103 e. The van der Waals surface area contributed by atoms with E-state index in [1.807, 2.05) is 72.0 Å². The molecule has 10 heteroatoms. The van der Waals surface area contributed by atoms with Crippen LogP contribution in [0.5, 0.6) is 0 Å². The summed E-state index contributed by atoms with van der Waals surface area (Å²) in [6.07, 6.45) is 7.17. The van der Waals surface area contributed by atoms with E-state index in [4.69, 9.17) is 16.3 Å². The van der Waals surface area contributed by atoms with Crippen LogP contribution in [0.1, 0.15) is 42.6 Å². The number of nitriles is 1. The molecule has 2 aromatic carbocycles. The van der Waals surface area contributed by atoms with Crippen molar-refractivity contribution < 1.29 is 4.74 Å². The number of ether oxygens (including phenoxy) is 1. The normalized spacial score (nSPS) is 14.4. The topological polar surface area (TPSA) is 110 Å². The molecular formula is C30H31ClN8O. The molecule has 0 amide bonds. The van der Waals surface area contributed by atoms with E-state index in [1.165, 1.54) is 0 Å². The van der Waals surface area contributed by atoms with Crippen molar-refractivity contribution in [2.24, 2.45) is 0 Å². The second kappa shape index (κ2) is 12.2. The Morgan fingerprint density at radius 3 is 2.55 bits per heavy atom. The van der Waals surface area contributed by atoms with E-state index in [0.29, 0.717) is 28.4 Å². The fourth-order valence-corrected chi connectivity index (χ4v) is 4.92. The van der Waals surface area contributed by atoms with Gasteiger partial charge >= 0.3 is 0 Å². The van der Waals surface area contributed by atoms with Gasteiger partial charge in [-0.05, 0) is 43.2 Å². The van der Waals surface area contributed by atoms with E-state index in [9.17, 15) is 5.26 Å². The Hall–Kier alpha value is -4.36. The number of hydrazine groups is 2. The molecule has 4 aromatic rings. The lowest BCUT2D eigenvalue weighted by Crippen LogP contribution is -2.41. The molecule has 5 rings (SSSR count). The number of nitrogens with one attached hydrogen (secondary N) is 4. The van der Waals surface area contributed by atoms with Gasteiger partial charge in [-0.1, -0.05) is 48.0 Å². The van der Waals surface area contributed by atoms with Crippen molar-refractivity contribution >= 4 is 33.9 Å². The monoisotopic (exact) mass is 554 g/mol. The lowest BCUT2D eigenvalue weighted by Gasteiger charge is -2.23. The summed E-state index contributed by atoms with van der Waals surface area (Å²) in [5, 5.41) is 20.4. The Balaban J connectivity index is 1.58. The lowest BCUT2D eigenvalue weighted by molar-refractivity contribution is 0.186. The van der Waals surface area contributed by atoms with Crippen LogP contribution in [0.25, 0.3) is 10.9 Å². The highest BCUT2D eigenvalue weighted by Gasteiger charge is 2.25. The zero-order valence-electron chi connectivity index (χ0n) is 22.5. The Labute approximate surface area is 238 Å². The summed E-state index contributed by atoms with van der Waals surface area (Å²) in [4.78, 5) is 8.85. The van der Waals surface area contributed by atoms with Gasteiger partial charge in [0, 0.05) is 49.0 Å². The first-order chi connectivity index (χ1) is 19.5. The number of benzene rings is 2. The quantitative estimate of drug-likeness (QED) is 0.197. The fraction of sp³-hybridized carbons (Fsp3) is 0.233. The number of methoxy groups -OCH3 is 1. The van der Waals surface area contributed by atoms with Gasteiger partial charge in [0.25, 0.3) is 0 Å². The van der Waals surface area contributed by atoms with E-state index >= 15 is 0 Å². The van der Waals surface area contributed by atoms with Gasteiger partial charge in [-0.15, -0.1) is 5.53 Å². The van der Waals surface area contributed by atoms with Crippen molar-refractivity contribution in [2.75, 3.05) is 24.4 Å². The first-order valence-electron chi connectivity index (χ1n) is 13.0. The van der Waals surface area contributed by atoms with Crippen molar-refractivity contribution in [1.82, 2.24) is 25.9 Å². The standard InChI is InChI=1S/C30H31ClN8O/c1-19(2)39-17-26(37-38-39)29(21-10-7-11-33-15-21)35-23-12-24-28(22(14-32)16-34-30(24)25(31)13-23)36-27(18-40-3)20-8-5-4-6-9-20/h4-13,15-17,19,27,29,35,37-38H,18H2,1-3H3,(H,34,36)/t27?,29-/m0/s1. The van der Waals surface area contributed by atoms with E-state index < -0.39 is 0 Å². The van der Waals surface area contributed by atoms with Gasteiger partial charge in [-0.25, -0.2) is 0 Å². The van der Waals surface area contributed by atoms with Crippen molar-refractivity contribution in [2.45, 2.75) is 32.0 Å². The molecule has 40 heavy (non-hydrogen) atoms. The third-order valence-corrected chi connectivity index (χ3v) is 6.99. The molecule has 2 aromatic heterocycles. The average molecular weight is 555 g/mol. The minimum Gasteiger partial charge on any atom is -0.382 e. The molecule has 4 N–H and O–H groups in total. The summed E-state index contributed by atoms with van der Waals surface area (Å²) in [5.74, 6) is 0. The van der Waals surface area contributed by atoms with E-state index in [1.54, 1.807) is 19.5 Å². The maximum absolute atomic E-state index is 9.99. The van der Waals surface area contributed by atoms with Crippen LogP contribution in [-0.2, 0) is 4.74 Å². The molecule has 0 saturated carbocycles. The van der Waals surface area contributed by atoms with Crippen molar-refractivity contribution in [3.05, 3.63) is 107 Å². The zero-order valence-corrected chi connectivity index (χ0v) is 23.3. The number of pyridine rings is 2. The van der Waals surface area contributed by atoms with Crippen molar-refractivity contribution in [3.8, 4) is 6.07 Å². The third-order valence-electron chi connectivity index (χ3n) is 6.70.